The van der Waals surface area contributed by atoms with Crippen LogP contribution in [0.4, 0.5) is 0 Å². The lowest BCUT2D eigenvalue weighted by atomic mass is 9.96. The van der Waals surface area contributed by atoms with Crippen LogP contribution < -0.4 is 0 Å². The maximum absolute atomic E-state index is 12.6. The molecule has 0 N–H and O–H groups in total. The van der Waals surface area contributed by atoms with Crippen molar-refractivity contribution in [2.24, 2.45) is 5.92 Å². The Hall–Kier alpha value is -2.07. The summed E-state index contributed by atoms with van der Waals surface area (Å²) in [5, 5.41) is 9.39. The first-order chi connectivity index (χ1) is 12.1. The van der Waals surface area contributed by atoms with Crippen molar-refractivity contribution in [2.45, 2.75) is 26.7 Å². The van der Waals surface area contributed by atoms with Crippen LogP contribution in [-0.2, 0) is 14.3 Å². The van der Waals surface area contributed by atoms with Crippen LogP contribution in [0.25, 0.3) is 0 Å². The molecule has 7 heteroatoms. The van der Waals surface area contributed by atoms with E-state index >= 15 is 0 Å². The number of hydrogen-bond donors (Lipinski definition) is 0. The maximum atomic E-state index is 12.6. The number of esters is 1. The molecule has 2 fully saturated rings. The number of piperazine rings is 1. The van der Waals surface area contributed by atoms with Crippen molar-refractivity contribution in [1.82, 2.24) is 14.7 Å². The summed E-state index contributed by atoms with van der Waals surface area (Å²) in [5.74, 6) is -0.553. The molecule has 0 atom stereocenters. The van der Waals surface area contributed by atoms with E-state index in [4.69, 9.17) is 4.74 Å². The third kappa shape index (κ3) is 5.20. The Morgan fingerprint density at radius 3 is 2.28 bits per heavy atom. The van der Waals surface area contributed by atoms with Crippen molar-refractivity contribution in [3.63, 3.8) is 0 Å². The van der Waals surface area contributed by atoms with E-state index in [1.807, 2.05) is 11.0 Å². The van der Waals surface area contributed by atoms with Gasteiger partial charge >= 0.3 is 5.97 Å². The number of likely N-dealkylation sites (tertiary alicyclic amines) is 1. The van der Waals surface area contributed by atoms with Crippen LogP contribution in [0.3, 0.4) is 0 Å². The van der Waals surface area contributed by atoms with Gasteiger partial charge in [-0.05, 0) is 26.3 Å². The van der Waals surface area contributed by atoms with Crippen LogP contribution in [0.1, 0.15) is 26.7 Å². The topological polar surface area (TPSA) is 76.9 Å². The first-order valence-electron chi connectivity index (χ1n) is 9.13. The summed E-state index contributed by atoms with van der Waals surface area (Å²) in [6, 6.07) is 2.05. The van der Waals surface area contributed by atoms with Crippen molar-refractivity contribution in [1.29, 1.82) is 5.26 Å². The van der Waals surface area contributed by atoms with Gasteiger partial charge in [-0.3, -0.25) is 9.59 Å². The van der Waals surface area contributed by atoms with Gasteiger partial charge in [-0.1, -0.05) is 6.92 Å². The van der Waals surface area contributed by atoms with Crippen molar-refractivity contribution >= 4 is 11.9 Å². The summed E-state index contributed by atoms with van der Waals surface area (Å²) in [7, 11) is 0. The van der Waals surface area contributed by atoms with Crippen molar-refractivity contribution < 1.29 is 14.3 Å². The molecule has 0 aromatic carbocycles. The van der Waals surface area contributed by atoms with Gasteiger partial charge in [0.15, 0.2) is 0 Å². The monoisotopic (exact) mass is 348 g/mol. The zero-order valence-electron chi connectivity index (χ0n) is 15.2. The highest BCUT2D eigenvalue weighted by Gasteiger charge is 2.29. The molecule has 138 valence electrons. The van der Waals surface area contributed by atoms with Gasteiger partial charge in [0.2, 0.25) is 0 Å². The predicted octanol–water partition coefficient (Wildman–Crippen LogP) is 0.833. The van der Waals surface area contributed by atoms with Gasteiger partial charge in [-0.2, -0.15) is 5.26 Å². The predicted molar refractivity (Wildman–Crippen MR) is 93.3 cm³/mol. The standard InChI is InChI=1S/C18H28N4O3/c1-3-20-9-11-21(12-10-20)14-16(13-19)17(23)22-7-5-15(6-8-22)18(24)25-4-2/h14-15H,3-12H2,1-2H3/b16-14-. The largest absolute Gasteiger partial charge is 0.466 e. The summed E-state index contributed by atoms with van der Waals surface area (Å²) in [6.07, 6.45) is 2.89. The molecule has 2 rings (SSSR count). The highest BCUT2D eigenvalue weighted by Crippen LogP contribution is 2.20. The fraction of sp³-hybridized carbons (Fsp3) is 0.722. The zero-order chi connectivity index (χ0) is 18.2. The molecule has 2 saturated heterocycles. The van der Waals surface area contributed by atoms with Crippen LogP contribution in [-0.4, -0.2) is 79.0 Å². The Balaban J connectivity index is 1.89. The minimum Gasteiger partial charge on any atom is -0.466 e. The summed E-state index contributed by atoms with van der Waals surface area (Å²) in [6.45, 7) is 9.87. The minimum absolute atomic E-state index is 0.138. The van der Waals surface area contributed by atoms with Crippen molar-refractivity contribution in [2.75, 3.05) is 52.4 Å². The average molecular weight is 348 g/mol. The molecular weight excluding hydrogens is 320 g/mol. The average Bonchev–Trinajstić information content (AvgIpc) is 2.66. The normalized spacial score (nSPS) is 20.3. The highest BCUT2D eigenvalue weighted by atomic mass is 16.5. The Morgan fingerprint density at radius 1 is 1.12 bits per heavy atom. The Kier molecular flexibility index (Phi) is 7.26. The second kappa shape index (κ2) is 9.42. The van der Waals surface area contributed by atoms with Gasteiger partial charge in [0.05, 0.1) is 12.5 Å². The number of carbonyl (C=O) groups is 2. The van der Waals surface area contributed by atoms with Crippen LogP contribution in [0.15, 0.2) is 11.8 Å². The molecule has 0 radical (unpaired) electrons. The van der Waals surface area contributed by atoms with E-state index in [2.05, 4.69) is 11.8 Å². The molecule has 0 unspecified atom stereocenters. The number of ether oxygens (including phenoxy) is 1. The highest BCUT2D eigenvalue weighted by molar-refractivity contribution is 5.97. The van der Waals surface area contributed by atoms with E-state index in [0.717, 1.165) is 32.7 Å². The molecule has 0 aromatic rings. The second-order valence-corrected chi connectivity index (χ2v) is 6.44. The van der Waals surface area contributed by atoms with Gasteiger partial charge in [0.1, 0.15) is 11.6 Å². The molecule has 1 amide bonds. The Morgan fingerprint density at radius 2 is 1.76 bits per heavy atom. The fourth-order valence-electron chi connectivity index (χ4n) is 3.27. The van der Waals surface area contributed by atoms with Crippen molar-refractivity contribution in [3.8, 4) is 6.07 Å². The number of rotatable bonds is 5. The van der Waals surface area contributed by atoms with Gasteiger partial charge in [0.25, 0.3) is 5.91 Å². The molecular formula is C18H28N4O3. The number of hydrogen-bond acceptors (Lipinski definition) is 6. The van der Waals surface area contributed by atoms with Gasteiger partial charge in [0, 0.05) is 45.5 Å². The van der Waals surface area contributed by atoms with Gasteiger partial charge in [-0.15, -0.1) is 0 Å². The van der Waals surface area contributed by atoms with E-state index in [1.165, 1.54) is 0 Å². The molecule has 25 heavy (non-hydrogen) atoms. The molecule has 2 aliphatic heterocycles. The van der Waals surface area contributed by atoms with Crippen LogP contribution in [0, 0.1) is 17.2 Å². The van der Waals surface area contributed by atoms with Crippen molar-refractivity contribution in [3.05, 3.63) is 11.8 Å². The van der Waals surface area contributed by atoms with Gasteiger partial charge < -0.3 is 19.4 Å². The van der Waals surface area contributed by atoms with E-state index in [1.54, 1.807) is 18.0 Å². The maximum Gasteiger partial charge on any atom is 0.309 e. The van der Waals surface area contributed by atoms with Crippen LogP contribution in [0.5, 0.6) is 0 Å². The third-order valence-corrected chi connectivity index (χ3v) is 4.92. The summed E-state index contributed by atoms with van der Waals surface area (Å²) < 4.78 is 5.05. The quantitative estimate of drug-likeness (QED) is 0.416. The molecule has 2 heterocycles. The molecule has 0 aliphatic carbocycles. The number of amides is 1. The zero-order valence-corrected chi connectivity index (χ0v) is 15.2. The Labute approximate surface area is 149 Å². The smallest absolute Gasteiger partial charge is 0.309 e. The van der Waals surface area contributed by atoms with E-state index in [9.17, 15) is 14.9 Å². The number of carbonyl (C=O) groups excluding carboxylic acids is 2. The number of likely N-dealkylation sites (N-methyl/N-ethyl adjacent to an activating group) is 1. The van der Waals surface area contributed by atoms with E-state index in [0.29, 0.717) is 32.5 Å². The SMILES string of the molecule is CCOC(=O)C1CCN(C(=O)/C(C#N)=C\N2CCN(CC)CC2)CC1. The lowest BCUT2D eigenvalue weighted by Gasteiger charge is -2.34. The molecule has 0 aromatic heterocycles. The summed E-state index contributed by atoms with van der Waals surface area (Å²) in [5.41, 5.74) is 0.180. The molecule has 7 nitrogen and oxygen atoms in total. The fourth-order valence-corrected chi connectivity index (χ4v) is 3.27. The lowest BCUT2D eigenvalue weighted by Crippen LogP contribution is -2.45. The van der Waals surface area contributed by atoms with Gasteiger partial charge in [-0.25, -0.2) is 0 Å². The third-order valence-electron chi connectivity index (χ3n) is 4.92. The molecule has 2 aliphatic rings. The van der Waals surface area contributed by atoms with Crippen LogP contribution in [0.2, 0.25) is 0 Å². The van der Waals surface area contributed by atoms with Crippen LogP contribution >= 0.6 is 0 Å². The number of nitrogens with zero attached hydrogens (tertiary/aromatic N) is 4. The van der Waals surface area contributed by atoms with E-state index < -0.39 is 0 Å². The number of nitriles is 1. The number of piperidine rings is 1. The molecule has 0 bridgehead atoms. The first kappa shape index (κ1) is 19.3. The summed E-state index contributed by atoms with van der Waals surface area (Å²) >= 11 is 0. The second-order valence-electron chi connectivity index (χ2n) is 6.44. The summed E-state index contributed by atoms with van der Waals surface area (Å²) in [4.78, 5) is 30.5. The Bertz CT molecular complexity index is 539. The lowest BCUT2D eigenvalue weighted by molar-refractivity contribution is -0.150. The molecule has 0 spiro atoms. The van der Waals surface area contributed by atoms with E-state index in [-0.39, 0.29) is 23.4 Å². The first-order valence-corrected chi connectivity index (χ1v) is 9.13. The molecule has 0 saturated carbocycles. The minimum atomic E-state index is -0.234.